The van der Waals surface area contributed by atoms with Crippen molar-refractivity contribution >= 4 is 16.9 Å². The zero-order valence-corrected chi connectivity index (χ0v) is 17.5. The van der Waals surface area contributed by atoms with Gasteiger partial charge in [0.05, 0.1) is 29.8 Å². The molecule has 3 unspecified atom stereocenters. The molecule has 29 heavy (non-hydrogen) atoms. The highest BCUT2D eigenvalue weighted by Gasteiger charge is 2.47. The average molecular weight is 401 g/mol. The number of ether oxygens (including phenoxy) is 1. The van der Waals surface area contributed by atoms with Crippen molar-refractivity contribution in [3.05, 3.63) is 34.8 Å². The van der Waals surface area contributed by atoms with Crippen molar-refractivity contribution in [1.29, 1.82) is 0 Å². The average Bonchev–Trinajstić information content (AvgIpc) is 3.32. The van der Waals surface area contributed by atoms with Crippen LogP contribution < -0.4 is 11.1 Å². The molecule has 2 saturated heterocycles. The predicted molar refractivity (Wildman–Crippen MR) is 111 cm³/mol. The summed E-state index contributed by atoms with van der Waals surface area (Å²) in [5.74, 6) is 0.412. The number of aromatic amines is 1. The number of para-hydroxylation sites is 1. The third kappa shape index (κ3) is 3.44. The Bertz CT molecular complexity index is 922. The number of amides is 1. The van der Waals surface area contributed by atoms with Crippen molar-refractivity contribution in [3.63, 3.8) is 0 Å². The second-order valence-corrected chi connectivity index (χ2v) is 9.44. The molecule has 0 aliphatic carbocycles. The number of carbonyl (C=O) groups is 1. The Morgan fingerprint density at radius 1 is 1.38 bits per heavy atom. The standard InChI is InChI=1S/C21H30N5O3/c1-20(2)10-12(21(3,4)26(20)28)11-29-15-8-9-23-17(15)19-24-14-7-5-6-13(18(22)27)16(14)25-19/h5-7,12,15,17,23H,8-11H2,1-4H3,(H2,22,27)(H,24,25)/q-1. The van der Waals surface area contributed by atoms with Crippen LogP contribution in [-0.2, 0) is 4.74 Å². The number of rotatable bonds is 5. The molecule has 4 N–H and O–H groups in total. The lowest BCUT2D eigenvalue weighted by Crippen LogP contribution is -2.46. The lowest BCUT2D eigenvalue weighted by molar-refractivity contribution is 0.00152. The number of primary amides is 1. The number of nitrogens with two attached hydrogens (primary N) is 1. The lowest BCUT2D eigenvalue weighted by atomic mass is 9.88. The van der Waals surface area contributed by atoms with Crippen LogP contribution in [0, 0.1) is 11.1 Å². The maximum absolute atomic E-state index is 12.6. The largest absolute Gasteiger partial charge is 0.784 e. The molecule has 8 heteroatoms. The summed E-state index contributed by atoms with van der Waals surface area (Å²) < 4.78 is 6.33. The lowest BCUT2D eigenvalue weighted by Gasteiger charge is -2.47. The molecule has 0 bridgehead atoms. The fourth-order valence-electron chi connectivity index (χ4n) is 4.91. The van der Waals surface area contributed by atoms with E-state index in [4.69, 9.17) is 10.5 Å². The van der Waals surface area contributed by atoms with E-state index in [1.165, 1.54) is 5.06 Å². The molecular formula is C21H30N5O3-. The molecule has 2 aliphatic rings. The van der Waals surface area contributed by atoms with E-state index >= 15 is 0 Å². The molecule has 2 fully saturated rings. The van der Waals surface area contributed by atoms with Gasteiger partial charge in [0.15, 0.2) is 0 Å². The van der Waals surface area contributed by atoms with Crippen LogP contribution in [0.3, 0.4) is 0 Å². The van der Waals surface area contributed by atoms with Gasteiger partial charge in [-0.3, -0.25) is 4.79 Å². The van der Waals surface area contributed by atoms with E-state index in [0.29, 0.717) is 17.7 Å². The van der Waals surface area contributed by atoms with Crippen LogP contribution in [0.5, 0.6) is 0 Å². The fourth-order valence-corrected chi connectivity index (χ4v) is 4.91. The van der Waals surface area contributed by atoms with Crippen molar-refractivity contribution in [1.82, 2.24) is 20.3 Å². The number of aromatic nitrogens is 2. The van der Waals surface area contributed by atoms with Gasteiger partial charge in [-0.25, -0.2) is 4.98 Å². The van der Waals surface area contributed by atoms with Gasteiger partial charge in [0, 0.05) is 17.0 Å². The van der Waals surface area contributed by atoms with Gasteiger partial charge >= 0.3 is 0 Å². The number of hydroxylamine groups is 2. The van der Waals surface area contributed by atoms with Gasteiger partial charge in [0.25, 0.3) is 5.91 Å². The Kier molecular flexibility index (Phi) is 4.93. The summed E-state index contributed by atoms with van der Waals surface area (Å²) in [6, 6.07) is 5.27. The minimum atomic E-state index is -0.492. The summed E-state index contributed by atoms with van der Waals surface area (Å²) in [5.41, 5.74) is 6.42. The SMILES string of the molecule is CC1(C)CC(COC2CCNC2c2nc3c(C(N)=O)cccc3[nH]2)C(C)(C)N1[O-]. The third-order valence-corrected chi connectivity index (χ3v) is 6.59. The maximum Gasteiger partial charge on any atom is 0.250 e. The topological polar surface area (TPSA) is 119 Å². The van der Waals surface area contributed by atoms with E-state index in [1.807, 2.05) is 33.8 Å². The molecule has 2 aromatic rings. The number of imidazole rings is 1. The molecule has 3 heterocycles. The predicted octanol–water partition coefficient (Wildman–Crippen LogP) is 2.46. The van der Waals surface area contributed by atoms with Crippen LogP contribution >= 0.6 is 0 Å². The Hall–Kier alpha value is -2.00. The molecule has 1 aromatic heterocycles. The van der Waals surface area contributed by atoms with Crippen LogP contribution in [0.2, 0.25) is 0 Å². The van der Waals surface area contributed by atoms with Crippen LogP contribution in [0.15, 0.2) is 18.2 Å². The summed E-state index contributed by atoms with van der Waals surface area (Å²) in [6.45, 7) is 9.33. The highest BCUT2D eigenvalue weighted by Crippen LogP contribution is 2.44. The van der Waals surface area contributed by atoms with E-state index in [0.717, 1.165) is 30.7 Å². The quantitative estimate of drug-likeness (QED) is 0.709. The van der Waals surface area contributed by atoms with Gasteiger partial charge in [-0.2, -0.15) is 0 Å². The number of hydrogen-bond donors (Lipinski definition) is 3. The zero-order chi connectivity index (χ0) is 21.0. The van der Waals surface area contributed by atoms with Crippen molar-refractivity contribution in [2.75, 3.05) is 13.2 Å². The number of H-pyrrole nitrogens is 1. The summed E-state index contributed by atoms with van der Waals surface area (Å²) in [5, 5.41) is 17.3. The van der Waals surface area contributed by atoms with Gasteiger partial charge in [-0.05, 0) is 59.2 Å². The normalized spacial score (nSPS) is 28.9. The summed E-state index contributed by atoms with van der Waals surface area (Å²) >= 11 is 0. The van der Waals surface area contributed by atoms with E-state index < -0.39 is 11.4 Å². The minimum Gasteiger partial charge on any atom is -0.784 e. The summed E-state index contributed by atoms with van der Waals surface area (Å²) in [4.78, 5) is 19.7. The highest BCUT2D eigenvalue weighted by atomic mass is 16.5. The summed E-state index contributed by atoms with van der Waals surface area (Å²) in [7, 11) is 0. The van der Waals surface area contributed by atoms with E-state index in [-0.39, 0.29) is 23.6 Å². The van der Waals surface area contributed by atoms with E-state index in [1.54, 1.807) is 12.1 Å². The van der Waals surface area contributed by atoms with Gasteiger partial charge in [-0.1, -0.05) is 6.07 Å². The molecule has 158 valence electrons. The monoisotopic (exact) mass is 400 g/mol. The summed E-state index contributed by atoms with van der Waals surface area (Å²) in [6.07, 6.45) is 1.62. The van der Waals surface area contributed by atoms with Crippen molar-refractivity contribution < 1.29 is 9.53 Å². The first kappa shape index (κ1) is 20.3. The van der Waals surface area contributed by atoms with Crippen LogP contribution in [-0.4, -0.2) is 51.3 Å². The van der Waals surface area contributed by atoms with Crippen molar-refractivity contribution in [3.8, 4) is 0 Å². The molecule has 2 aliphatic heterocycles. The van der Waals surface area contributed by atoms with Gasteiger partial charge in [0.2, 0.25) is 0 Å². The van der Waals surface area contributed by atoms with E-state index in [2.05, 4.69) is 15.3 Å². The Morgan fingerprint density at radius 2 is 2.14 bits per heavy atom. The number of carbonyl (C=O) groups excluding carboxylic acids is 1. The zero-order valence-electron chi connectivity index (χ0n) is 17.5. The van der Waals surface area contributed by atoms with E-state index in [9.17, 15) is 10.0 Å². The molecular weight excluding hydrogens is 370 g/mol. The molecule has 0 radical (unpaired) electrons. The maximum atomic E-state index is 12.6. The van der Waals surface area contributed by atoms with Gasteiger partial charge in [-0.15, -0.1) is 0 Å². The second-order valence-electron chi connectivity index (χ2n) is 9.44. The molecule has 8 nitrogen and oxygen atoms in total. The molecule has 4 rings (SSSR count). The first-order chi connectivity index (χ1) is 13.6. The third-order valence-electron chi connectivity index (χ3n) is 6.59. The second kappa shape index (κ2) is 7.05. The Labute approximate surface area is 170 Å². The molecule has 3 atom stereocenters. The number of benzene rings is 1. The number of nitrogens with zero attached hydrogens (tertiary/aromatic N) is 2. The van der Waals surface area contributed by atoms with Gasteiger partial charge in [0.1, 0.15) is 11.3 Å². The minimum absolute atomic E-state index is 0.0489. The Morgan fingerprint density at radius 3 is 2.79 bits per heavy atom. The first-order valence-electron chi connectivity index (χ1n) is 10.2. The highest BCUT2D eigenvalue weighted by molar-refractivity contribution is 6.04. The fraction of sp³-hybridized carbons (Fsp3) is 0.619. The number of nitrogens with one attached hydrogen (secondary N) is 2. The Balaban J connectivity index is 1.51. The molecule has 1 amide bonds. The number of hydrogen-bond acceptors (Lipinski definition) is 6. The van der Waals surface area contributed by atoms with Crippen LogP contribution in [0.4, 0.5) is 0 Å². The molecule has 0 spiro atoms. The van der Waals surface area contributed by atoms with Gasteiger partial charge < -0.3 is 31.0 Å². The molecule has 1 aromatic carbocycles. The first-order valence-corrected chi connectivity index (χ1v) is 10.2. The van der Waals surface area contributed by atoms with Crippen molar-refractivity contribution in [2.24, 2.45) is 11.7 Å². The smallest absolute Gasteiger partial charge is 0.250 e. The van der Waals surface area contributed by atoms with Crippen LogP contribution in [0.1, 0.15) is 62.8 Å². The van der Waals surface area contributed by atoms with Crippen LogP contribution in [0.25, 0.3) is 11.0 Å². The molecule has 0 saturated carbocycles. The van der Waals surface area contributed by atoms with Crippen molar-refractivity contribution in [2.45, 2.75) is 63.8 Å². The number of fused-ring (bicyclic) bond motifs is 1.